The van der Waals surface area contributed by atoms with Crippen LogP contribution in [0.4, 0.5) is 13.2 Å². The normalized spacial score (nSPS) is 13.3. The molecule has 0 radical (unpaired) electrons. The first-order valence-corrected chi connectivity index (χ1v) is 5.66. The fourth-order valence-electron chi connectivity index (χ4n) is 1.75. The van der Waals surface area contributed by atoms with Gasteiger partial charge in [0.05, 0.1) is 11.3 Å². The Morgan fingerprint density at radius 2 is 1.89 bits per heavy atom. The van der Waals surface area contributed by atoms with E-state index < -0.39 is 17.8 Å². The molecule has 1 N–H and O–H groups in total. The molecule has 2 rings (SSSR count). The second-order valence-electron chi connectivity index (χ2n) is 4.29. The number of halogens is 3. The van der Waals surface area contributed by atoms with Gasteiger partial charge in [-0.05, 0) is 24.6 Å². The topological polar surface area (TPSA) is 33.1 Å². The number of aliphatic hydroxyl groups excluding tert-OH is 1. The van der Waals surface area contributed by atoms with Gasteiger partial charge in [0.25, 0.3) is 0 Å². The molecule has 1 heterocycles. The monoisotopic (exact) mass is 267 g/mol. The molecule has 2 nitrogen and oxygen atoms in total. The van der Waals surface area contributed by atoms with Crippen LogP contribution in [-0.4, -0.2) is 10.1 Å². The van der Waals surface area contributed by atoms with Crippen molar-refractivity contribution >= 4 is 0 Å². The summed E-state index contributed by atoms with van der Waals surface area (Å²) >= 11 is 0. The first kappa shape index (κ1) is 13.5. The maximum absolute atomic E-state index is 12.4. The van der Waals surface area contributed by atoms with Crippen LogP contribution in [0.2, 0.25) is 0 Å². The van der Waals surface area contributed by atoms with Crippen LogP contribution < -0.4 is 0 Å². The summed E-state index contributed by atoms with van der Waals surface area (Å²) in [6.45, 7) is 1.87. The SMILES string of the molecule is Cc1cccc(C(O)c2ccc(C(F)(F)F)cn2)c1. The molecule has 0 bridgehead atoms. The summed E-state index contributed by atoms with van der Waals surface area (Å²) in [5, 5.41) is 10.1. The number of rotatable bonds is 2. The van der Waals surface area contributed by atoms with E-state index in [1.54, 1.807) is 18.2 Å². The number of hydrogen-bond donors (Lipinski definition) is 1. The van der Waals surface area contributed by atoms with Gasteiger partial charge in [-0.1, -0.05) is 29.8 Å². The van der Waals surface area contributed by atoms with Crippen molar-refractivity contribution in [3.05, 3.63) is 65.0 Å². The van der Waals surface area contributed by atoms with Crippen LogP contribution >= 0.6 is 0 Å². The third-order valence-electron chi connectivity index (χ3n) is 2.75. The second kappa shape index (κ2) is 5.01. The average Bonchev–Trinajstić information content (AvgIpc) is 2.37. The molecule has 0 saturated heterocycles. The summed E-state index contributed by atoms with van der Waals surface area (Å²) < 4.78 is 37.2. The molecule has 0 amide bonds. The van der Waals surface area contributed by atoms with E-state index in [2.05, 4.69) is 4.98 Å². The Bertz CT molecular complexity index is 564. The van der Waals surface area contributed by atoms with E-state index >= 15 is 0 Å². The highest BCUT2D eigenvalue weighted by molar-refractivity contribution is 5.30. The van der Waals surface area contributed by atoms with Gasteiger partial charge in [0.2, 0.25) is 0 Å². The molecular weight excluding hydrogens is 255 g/mol. The highest BCUT2D eigenvalue weighted by Gasteiger charge is 2.30. The molecule has 1 atom stereocenters. The molecule has 0 aliphatic heterocycles. The third kappa shape index (κ3) is 3.12. The van der Waals surface area contributed by atoms with Crippen LogP contribution in [0.3, 0.4) is 0 Å². The number of benzene rings is 1. The lowest BCUT2D eigenvalue weighted by atomic mass is 10.0. The predicted molar refractivity (Wildman–Crippen MR) is 64.5 cm³/mol. The third-order valence-corrected chi connectivity index (χ3v) is 2.75. The van der Waals surface area contributed by atoms with Gasteiger partial charge in [-0.15, -0.1) is 0 Å². The second-order valence-corrected chi connectivity index (χ2v) is 4.29. The van der Waals surface area contributed by atoms with E-state index in [0.717, 1.165) is 17.8 Å². The molecule has 0 saturated carbocycles. The summed E-state index contributed by atoms with van der Waals surface area (Å²) in [5.41, 5.74) is 0.932. The van der Waals surface area contributed by atoms with E-state index in [1.165, 1.54) is 6.07 Å². The largest absolute Gasteiger partial charge is 0.417 e. The number of aromatic nitrogens is 1. The minimum Gasteiger partial charge on any atom is -0.382 e. The van der Waals surface area contributed by atoms with Crippen LogP contribution in [0.1, 0.15) is 28.5 Å². The Morgan fingerprint density at radius 3 is 2.42 bits per heavy atom. The number of pyridine rings is 1. The van der Waals surface area contributed by atoms with Crippen molar-refractivity contribution < 1.29 is 18.3 Å². The van der Waals surface area contributed by atoms with Crippen LogP contribution in [0.15, 0.2) is 42.6 Å². The summed E-state index contributed by atoms with van der Waals surface area (Å²) in [5.74, 6) is 0. The zero-order valence-corrected chi connectivity index (χ0v) is 10.1. The van der Waals surface area contributed by atoms with Crippen molar-refractivity contribution in [2.45, 2.75) is 19.2 Å². The lowest BCUT2D eigenvalue weighted by molar-refractivity contribution is -0.137. The maximum atomic E-state index is 12.4. The quantitative estimate of drug-likeness (QED) is 0.903. The number of aliphatic hydroxyl groups is 1. The zero-order chi connectivity index (χ0) is 14.0. The standard InChI is InChI=1S/C14H12F3NO/c1-9-3-2-4-10(7-9)13(19)12-6-5-11(8-18-12)14(15,16)17/h2-8,13,19H,1H3. The molecule has 0 fully saturated rings. The average molecular weight is 267 g/mol. The van der Waals surface area contributed by atoms with Crippen LogP contribution in [-0.2, 0) is 6.18 Å². The maximum Gasteiger partial charge on any atom is 0.417 e. The van der Waals surface area contributed by atoms with Crippen LogP contribution in [0.5, 0.6) is 0 Å². The molecular formula is C14H12F3NO. The van der Waals surface area contributed by atoms with Crippen molar-refractivity contribution in [1.82, 2.24) is 4.98 Å². The van der Waals surface area contributed by atoms with Crippen LogP contribution in [0, 0.1) is 6.92 Å². The Kier molecular flexibility index (Phi) is 3.57. The van der Waals surface area contributed by atoms with Gasteiger partial charge in [-0.3, -0.25) is 4.98 Å². The smallest absolute Gasteiger partial charge is 0.382 e. The minimum absolute atomic E-state index is 0.193. The molecule has 0 aliphatic carbocycles. The van der Waals surface area contributed by atoms with Gasteiger partial charge in [0, 0.05) is 6.20 Å². The molecule has 0 spiro atoms. The lowest BCUT2D eigenvalue weighted by Gasteiger charge is -2.12. The molecule has 0 aliphatic rings. The first-order chi connectivity index (χ1) is 8.88. The molecule has 1 aromatic carbocycles. The van der Waals surface area contributed by atoms with E-state index in [-0.39, 0.29) is 5.69 Å². The summed E-state index contributed by atoms with van der Waals surface area (Å²) in [6, 6.07) is 9.23. The van der Waals surface area contributed by atoms with Gasteiger partial charge in [0.15, 0.2) is 0 Å². The highest BCUT2D eigenvalue weighted by Crippen LogP contribution is 2.29. The van der Waals surface area contributed by atoms with Gasteiger partial charge >= 0.3 is 6.18 Å². The summed E-state index contributed by atoms with van der Waals surface area (Å²) in [6.07, 6.45) is -4.71. The number of aryl methyl sites for hydroxylation is 1. The van der Waals surface area contributed by atoms with E-state index in [9.17, 15) is 18.3 Å². The molecule has 100 valence electrons. The molecule has 2 aromatic rings. The highest BCUT2D eigenvalue weighted by atomic mass is 19.4. The van der Waals surface area contributed by atoms with Gasteiger partial charge in [-0.25, -0.2) is 0 Å². The molecule has 1 aromatic heterocycles. The zero-order valence-electron chi connectivity index (χ0n) is 10.1. The minimum atomic E-state index is -4.42. The van der Waals surface area contributed by atoms with Gasteiger partial charge in [-0.2, -0.15) is 13.2 Å². The van der Waals surface area contributed by atoms with E-state index in [1.807, 2.05) is 13.0 Å². The van der Waals surface area contributed by atoms with Gasteiger partial charge < -0.3 is 5.11 Å². The summed E-state index contributed by atoms with van der Waals surface area (Å²) in [4.78, 5) is 3.68. The van der Waals surface area contributed by atoms with Crippen LogP contribution in [0.25, 0.3) is 0 Å². The van der Waals surface area contributed by atoms with Crippen molar-refractivity contribution in [2.24, 2.45) is 0 Å². The Labute approximate surface area is 108 Å². The van der Waals surface area contributed by atoms with E-state index in [0.29, 0.717) is 5.56 Å². The molecule has 1 unspecified atom stereocenters. The first-order valence-electron chi connectivity index (χ1n) is 5.66. The fourth-order valence-corrected chi connectivity index (χ4v) is 1.75. The van der Waals surface area contributed by atoms with Crippen molar-refractivity contribution in [1.29, 1.82) is 0 Å². The molecule has 19 heavy (non-hydrogen) atoms. The van der Waals surface area contributed by atoms with Crippen molar-refractivity contribution in [3.8, 4) is 0 Å². The lowest BCUT2D eigenvalue weighted by Crippen LogP contribution is -2.08. The molecule has 5 heteroatoms. The Morgan fingerprint density at radius 1 is 1.16 bits per heavy atom. The Balaban J connectivity index is 2.27. The number of nitrogens with zero attached hydrogens (tertiary/aromatic N) is 1. The van der Waals surface area contributed by atoms with Gasteiger partial charge in [0.1, 0.15) is 6.10 Å². The van der Waals surface area contributed by atoms with Crippen molar-refractivity contribution in [3.63, 3.8) is 0 Å². The van der Waals surface area contributed by atoms with Crippen molar-refractivity contribution in [2.75, 3.05) is 0 Å². The number of alkyl halides is 3. The predicted octanol–water partition coefficient (Wildman–Crippen LogP) is 3.49. The fraction of sp³-hybridized carbons (Fsp3) is 0.214. The Hall–Kier alpha value is -1.88. The number of hydrogen-bond acceptors (Lipinski definition) is 2. The van der Waals surface area contributed by atoms with E-state index in [4.69, 9.17) is 0 Å². The summed E-state index contributed by atoms with van der Waals surface area (Å²) in [7, 11) is 0.